The summed E-state index contributed by atoms with van der Waals surface area (Å²) in [4.78, 5) is 11.5. The van der Waals surface area contributed by atoms with E-state index < -0.39 is 6.61 Å². The van der Waals surface area contributed by atoms with E-state index in [0.29, 0.717) is 5.56 Å². The van der Waals surface area contributed by atoms with Crippen molar-refractivity contribution in [3.05, 3.63) is 29.3 Å². The Labute approximate surface area is 116 Å². The lowest BCUT2D eigenvalue weighted by Crippen LogP contribution is -2.10. The van der Waals surface area contributed by atoms with Gasteiger partial charge in [0.2, 0.25) is 0 Å². The summed E-state index contributed by atoms with van der Waals surface area (Å²) in [6.07, 6.45) is 2.69. The second kappa shape index (κ2) is 7.54. The molecule has 1 N–H and O–H groups in total. The maximum Gasteiger partial charge on any atom is 0.188 e. The Morgan fingerprint density at radius 3 is 2.72 bits per heavy atom. The van der Waals surface area contributed by atoms with Crippen molar-refractivity contribution in [1.82, 2.24) is 0 Å². The summed E-state index contributed by atoms with van der Waals surface area (Å²) < 4.78 is 5.76. The van der Waals surface area contributed by atoms with Crippen LogP contribution in [0.3, 0.4) is 0 Å². The molecular formula is C14H19BrO3. The monoisotopic (exact) mass is 314 g/mol. The van der Waals surface area contributed by atoms with Crippen molar-refractivity contribution in [2.45, 2.75) is 38.1 Å². The zero-order valence-corrected chi connectivity index (χ0v) is 12.4. The maximum absolute atomic E-state index is 11.5. The molecule has 0 aromatic heterocycles. The minimum Gasteiger partial charge on any atom is -0.479 e. The molecule has 18 heavy (non-hydrogen) atoms. The van der Waals surface area contributed by atoms with Crippen LogP contribution >= 0.6 is 15.9 Å². The fourth-order valence-corrected chi connectivity index (χ4v) is 1.85. The van der Waals surface area contributed by atoms with Crippen LogP contribution < -0.4 is 4.74 Å². The number of hydrogen-bond donors (Lipinski definition) is 1. The van der Waals surface area contributed by atoms with Crippen LogP contribution in [0.4, 0.5) is 0 Å². The number of halogens is 1. The maximum atomic E-state index is 11.5. The number of carbonyl (C=O) groups excluding carboxylic acids is 1. The average Bonchev–Trinajstić information content (AvgIpc) is 2.39. The van der Waals surface area contributed by atoms with Gasteiger partial charge >= 0.3 is 0 Å². The molecule has 1 atom stereocenters. The van der Waals surface area contributed by atoms with Crippen LogP contribution in [0, 0.1) is 0 Å². The van der Waals surface area contributed by atoms with Crippen LogP contribution in [0.15, 0.2) is 18.2 Å². The highest BCUT2D eigenvalue weighted by atomic mass is 79.9. The van der Waals surface area contributed by atoms with E-state index in [-0.39, 0.29) is 10.8 Å². The van der Waals surface area contributed by atoms with Crippen molar-refractivity contribution in [2.24, 2.45) is 0 Å². The smallest absolute Gasteiger partial charge is 0.188 e. The van der Waals surface area contributed by atoms with Gasteiger partial charge in [-0.3, -0.25) is 4.79 Å². The lowest BCUT2D eigenvalue weighted by Gasteiger charge is -2.15. The number of aliphatic hydroxyl groups excluding tert-OH is 1. The van der Waals surface area contributed by atoms with Crippen molar-refractivity contribution in [2.75, 3.05) is 6.61 Å². The topological polar surface area (TPSA) is 46.5 Å². The van der Waals surface area contributed by atoms with Crippen molar-refractivity contribution in [1.29, 1.82) is 0 Å². The van der Waals surface area contributed by atoms with Gasteiger partial charge in [0.1, 0.15) is 12.4 Å². The van der Waals surface area contributed by atoms with Gasteiger partial charge in [0.25, 0.3) is 0 Å². The van der Waals surface area contributed by atoms with E-state index in [0.717, 1.165) is 30.6 Å². The van der Waals surface area contributed by atoms with Gasteiger partial charge in [-0.2, -0.15) is 0 Å². The molecule has 0 radical (unpaired) electrons. The average molecular weight is 315 g/mol. The van der Waals surface area contributed by atoms with Crippen LogP contribution in [0.5, 0.6) is 5.75 Å². The van der Waals surface area contributed by atoms with Gasteiger partial charge in [-0.05, 0) is 52.5 Å². The molecule has 1 unspecified atom stereocenters. The van der Waals surface area contributed by atoms with Crippen LogP contribution in [0.25, 0.3) is 0 Å². The number of benzene rings is 1. The Balaban J connectivity index is 3.00. The number of ether oxygens (including phenoxy) is 1. The summed E-state index contributed by atoms with van der Waals surface area (Å²) in [5, 5.41) is 8.85. The number of carbonyl (C=O) groups is 1. The molecule has 0 aliphatic heterocycles. The molecule has 0 aliphatic rings. The van der Waals surface area contributed by atoms with Crippen LogP contribution in [-0.4, -0.2) is 22.5 Å². The first-order valence-corrected chi connectivity index (χ1v) is 7.11. The molecule has 1 rings (SSSR count). The molecule has 0 saturated heterocycles. The predicted molar refractivity (Wildman–Crippen MR) is 75.5 cm³/mol. The molecule has 0 aliphatic carbocycles. The van der Waals surface area contributed by atoms with Crippen LogP contribution in [-0.2, 0) is 6.42 Å². The third-order valence-corrected chi connectivity index (χ3v) is 3.46. The molecule has 100 valence electrons. The number of Topliss-reactive ketones (excluding diaryl/α,β-unsaturated/α-hetero) is 1. The van der Waals surface area contributed by atoms with E-state index in [1.807, 2.05) is 13.0 Å². The first kappa shape index (κ1) is 15.2. The number of hydrogen-bond acceptors (Lipinski definition) is 3. The van der Waals surface area contributed by atoms with Gasteiger partial charge in [0, 0.05) is 5.56 Å². The van der Waals surface area contributed by atoms with Gasteiger partial charge in [-0.1, -0.05) is 20.3 Å². The standard InChI is InChI=1S/C14H19BrO3/c1-3-5-11-8-10(12(17)9-16)6-7-13(11)18-14(15)4-2/h6-8,14,16H,3-5,9H2,1-2H3. The molecule has 1 aromatic rings. The molecule has 4 heteroatoms. The van der Waals surface area contributed by atoms with E-state index in [9.17, 15) is 4.79 Å². The summed E-state index contributed by atoms with van der Waals surface area (Å²) in [6, 6.07) is 5.31. The molecule has 0 heterocycles. The van der Waals surface area contributed by atoms with Gasteiger partial charge in [-0.15, -0.1) is 0 Å². The predicted octanol–water partition coefficient (Wildman–Crippen LogP) is 3.32. The quantitative estimate of drug-likeness (QED) is 0.620. The van der Waals surface area contributed by atoms with Gasteiger partial charge in [0.05, 0.1) is 0 Å². The minimum atomic E-state index is -0.457. The summed E-state index contributed by atoms with van der Waals surface area (Å²) in [5.41, 5.74) is 1.55. The Morgan fingerprint density at radius 2 is 2.17 bits per heavy atom. The Kier molecular flexibility index (Phi) is 6.36. The Bertz CT molecular complexity index is 404. The lowest BCUT2D eigenvalue weighted by atomic mass is 10.0. The minimum absolute atomic E-state index is 0.0208. The molecule has 0 spiro atoms. The highest BCUT2D eigenvalue weighted by Crippen LogP contribution is 2.25. The van der Waals surface area contributed by atoms with Crippen LogP contribution in [0.1, 0.15) is 42.6 Å². The fraction of sp³-hybridized carbons (Fsp3) is 0.500. The van der Waals surface area contributed by atoms with Gasteiger partial charge < -0.3 is 9.84 Å². The number of ketones is 1. The van der Waals surface area contributed by atoms with E-state index in [4.69, 9.17) is 9.84 Å². The first-order chi connectivity index (χ1) is 8.62. The van der Waals surface area contributed by atoms with E-state index in [2.05, 4.69) is 22.9 Å². The number of aryl methyl sites for hydroxylation is 1. The summed E-state index contributed by atoms with van der Waals surface area (Å²) in [7, 11) is 0. The highest BCUT2D eigenvalue weighted by Gasteiger charge is 2.11. The third-order valence-electron chi connectivity index (χ3n) is 2.62. The molecule has 0 saturated carbocycles. The van der Waals surface area contributed by atoms with E-state index >= 15 is 0 Å². The lowest BCUT2D eigenvalue weighted by molar-refractivity contribution is 0.0903. The van der Waals surface area contributed by atoms with Gasteiger partial charge in [0.15, 0.2) is 10.8 Å². The molecule has 0 fully saturated rings. The Hall–Kier alpha value is -0.870. The largest absolute Gasteiger partial charge is 0.479 e. The Morgan fingerprint density at radius 1 is 1.44 bits per heavy atom. The number of rotatable bonds is 7. The van der Waals surface area contributed by atoms with Crippen molar-refractivity contribution >= 4 is 21.7 Å². The van der Waals surface area contributed by atoms with Crippen molar-refractivity contribution in [3.8, 4) is 5.75 Å². The van der Waals surface area contributed by atoms with Crippen molar-refractivity contribution < 1.29 is 14.6 Å². The molecule has 3 nitrogen and oxygen atoms in total. The van der Waals surface area contributed by atoms with Crippen LogP contribution in [0.2, 0.25) is 0 Å². The normalized spacial score (nSPS) is 12.2. The zero-order chi connectivity index (χ0) is 13.5. The highest BCUT2D eigenvalue weighted by molar-refractivity contribution is 9.09. The second-order valence-corrected chi connectivity index (χ2v) is 5.11. The third kappa shape index (κ3) is 4.10. The van der Waals surface area contributed by atoms with Gasteiger partial charge in [-0.25, -0.2) is 0 Å². The van der Waals surface area contributed by atoms with E-state index in [1.165, 1.54) is 0 Å². The fourth-order valence-electron chi connectivity index (χ4n) is 1.64. The molecular weight excluding hydrogens is 296 g/mol. The number of alkyl halides is 1. The number of aliphatic hydroxyl groups is 1. The SMILES string of the molecule is CCCc1cc(C(=O)CO)ccc1OC(Br)CC. The zero-order valence-electron chi connectivity index (χ0n) is 10.8. The summed E-state index contributed by atoms with van der Waals surface area (Å²) in [6.45, 7) is 3.65. The van der Waals surface area contributed by atoms with Crippen molar-refractivity contribution in [3.63, 3.8) is 0 Å². The second-order valence-electron chi connectivity index (χ2n) is 4.09. The van der Waals surface area contributed by atoms with E-state index in [1.54, 1.807) is 12.1 Å². The summed E-state index contributed by atoms with van der Waals surface area (Å²) >= 11 is 3.43. The molecule has 0 amide bonds. The molecule has 1 aromatic carbocycles. The molecule has 0 bridgehead atoms. The first-order valence-electron chi connectivity index (χ1n) is 6.20. The summed E-state index contributed by atoms with van der Waals surface area (Å²) in [5.74, 6) is 0.542.